The molecule has 1 aromatic heterocycles. The van der Waals surface area contributed by atoms with Crippen molar-refractivity contribution in [1.82, 2.24) is 10.1 Å². The molecule has 0 aliphatic heterocycles. The number of para-hydroxylation sites is 1. The number of carbonyl (C=O) groups is 1. The van der Waals surface area contributed by atoms with E-state index in [2.05, 4.69) is 5.16 Å². The molecule has 0 saturated carbocycles. The van der Waals surface area contributed by atoms with Crippen LogP contribution in [0.1, 0.15) is 32.9 Å². The average molecular weight is 368 g/mol. The number of hydrogen-bond acceptors (Lipinski definition) is 4. The number of aromatic nitrogens is 1. The molecule has 5 nitrogen and oxygen atoms in total. The lowest BCUT2D eigenvalue weighted by atomic mass is 10.1. The van der Waals surface area contributed by atoms with E-state index in [1.54, 1.807) is 42.3 Å². The molecule has 0 radical (unpaired) electrons. The van der Waals surface area contributed by atoms with Crippen LogP contribution in [0.15, 0.2) is 53.1 Å². The number of halogens is 1. The lowest BCUT2D eigenvalue weighted by molar-refractivity contribution is 0.0780. The largest absolute Gasteiger partial charge is 0.488 e. The molecule has 6 heteroatoms. The molecule has 0 bridgehead atoms. The Hall–Kier alpha value is -3.15. The zero-order valence-corrected chi connectivity index (χ0v) is 15.5. The van der Waals surface area contributed by atoms with Gasteiger partial charge in [0.25, 0.3) is 5.91 Å². The molecule has 0 atom stereocenters. The maximum atomic E-state index is 13.1. The van der Waals surface area contributed by atoms with Crippen molar-refractivity contribution in [2.45, 2.75) is 27.0 Å². The molecular weight excluding hydrogens is 347 g/mol. The first-order chi connectivity index (χ1) is 13.0. The Bertz CT molecular complexity index is 915. The molecule has 0 N–H and O–H groups in total. The van der Waals surface area contributed by atoms with E-state index in [9.17, 15) is 9.18 Å². The molecule has 3 rings (SSSR count). The van der Waals surface area contributed by atoms with Crippen LogP contribution < -0.4 is 4.74 Å². The van der Waals surface area contributed by atoms with Crippen molar-refractivity contribution in [2.75, 3.05) is 7.05 Å². The summed E-state index contributed by atoms with van der Waals surface area (Å²) in [7, 11) is 1.71. The minimum atomic E-state index is -0.300. The molecule has 1 heterocycles. The van der Waals surface area contributed by atoms with Crippen LogP contribution in [0.4, 0.5) is 4.39 Å². The van der Waals surface area contributed by atoms with Gasteiger partial charge in [-0.05, 0) is 43.7 Å². The highest BCUT2D eigenvalue weighted by molar-refractivity contribution is 5.96. The summed E-state index contributed by atoms with van der Waals surface area (Å²) >= 11 is 0. The maximum Gasteiger partial charge on any atom is 0.257 e. The third kappa shape index (κ3) is 4.34. The number of ether oxygens (including phenoxy) is 1. The summed E-state index contributed by atoms with van der Waals surface area (Å²) in [6.45, 7) is 4.32. The van der Waals surface area contributed by atoms with E-state index in [1.807, 2.05) is 19.9 Å². The second-order valence-corrected chi connectivity index (χ2v) is 6.38. The van der Waals surface area contributed by atoms with Gasteiger partial charge >= 0.3 is 0 Å². The van der Waals surface area contributed by atoms with E-state index in [0.29, 0.717) is 23.6 Å². The molecule has 2 aromatic carbocycles. The van der Waals surface area contributed by atoms with Gasteiger partial charge in [-0.25, -0.2) is 4.39 Å². The fourth-order valence-electron chi connectivity index (χ4n) is 2.77. The van der Waals surface area contributed by atoms with Crippen LogP contribution in [0, 0.1) is 19.7 Å². The topological polar surface area (TPSA) is 55.6 Å². The first-order valence-corrected chi connectivity index (χ1v) is 8.59. The standard InChI is InChI=1S/C21H21FN2O3/c1-14-19(15(2)27-23-14)13-26-20-7-5-4-6-18(20)21(25)24(3)12-16-8-10-17(22)11-9-16/h4-11H,12-13H2,1-3H3. The van der Waals surface area contributed by atoms with E-state index in [0.717, 1.165) is 16.8 Å². The second-order valence-electron chi connectivity index (χ2n) is 6.38. The average Bonchev–Trinajstić information content (AvgIpc) is 2.99. The fraction of sp³-hybridized carbons (Fsp3) is 0.238. The van der Waals surface area contributed by atoms with Gasteiger partial charge in [0.05, 0.1) is 16.8 Å². The Morgan fingerprint density at radius 3 is 2.52 bits per heavy atom. The lowest BCUT2D eigenvalue weighted by Crippen LogP contribution is -2.26. The molecular formula is C21H21FN2O3. The number of benzene rings is 2. The van der Waals surface area contributed by atoms with E-state index in [1.165, 1.54) is 12.1 Å². The number of hydrogen-bond donors (Lipinski definition) is 0. The van der Waals surface area contributed by atoms with Gasteiger partial charge in [0.1, 0.15) is 23.9 Å². The third-order valence-corrected chi connectivity index (χ3v) is 4.35. The Kier molecular flexibility index (Phi) is 5.54. The summed E-state index contributed by atoms with van der Waals surface area (Å²) in [6, 6.07) is 13.2. The quantitative estimate of drug-likeness (QED) is 0.652. The maximum absolute atomic E-state index is 13.1. The predicted octanol–water partition coefficient (Wildman–Crippen LogP) is 4.28. The van der Waals surface area contributed by atoms with Crippen molar-refractivity contribution < 1.29 is 18.4 Å². The van der Waals surface area contributed by atoms with Crippen LogP contribution >= 0.6 is 0 Å². The van der Waals surface area contributed by atoms with Crippen molar-refractivity contribution in [1.29, 1.82) is 0 Å². The van der Waals surface area contributed by atoms with Crippen molar-refractivity contribution in [3.05, 3.63) is 82.5 Å². The van der Waals surface area contributed by atoms with Gasteiger partial charge in [0.2, 0.25) is 0 Å². The zero-order chi connectivity index (χ0) is 19.4. The monoisotopic (exact) mass is 368 g/mol. The predicted molar refractivity (Wildman–Crippen MR) is 98.9 cm³/mol. The molecule has 0 saturated heterocycles. The Labute approximate surface area is 157 Å². The number of amides is 1. The van der Waals surface area contributed by atoms with Crippen LogP contribution in [0.25, 0.3) is 0 Å². The Morgan fingerprint density at radius 1 is 1.15 bits per heavy atom. The van der Waals surface area contributed by atoms with Crippen LogP contribution in [0.3, 0.4) is 0 Å². The normalized spacial score (nSPS) is 10.7. The lowest BCUT2D eigenvalue weighted by Gasteiger charge is -2.19. The van der Waals surface area contributed by atoms with E-state index < -0.39 is 0 Å². The van der Waals surface area contributed by atoms with Gasteiger partial charge in [-0.1, -0.05) is 29.4 Å². The number of rotatable bonds is 6. The van der Waals surface area contributed by atoms with Crippen molar-refractivity contribution in [2.24, 2.45) is 0 Å². The van der Waals surface area contributed by atoms with Gasteiger partial charge in [-0.2, -0.15) is 0 Å². The van der Waals surface area contributed by atoms with Gasteiger partial charge in [-0.15, -0.1) is 0 Å². The van der Waals surface area contributed by atoms with Gasteiger partial charge in [-0.3, -0.25) is 4.79 Å². The highest BCUT2D eigenvalue weighted by Crippen LogP contribution is 2.23. The number of carbonyl (C=O) groups excluding carboxylic acids is 1. The van der Waals surface area contributed by atoms with Gasteiger partial charge < -0.3 is 14.2 Å². The van der Waals surface area contributed by atoms with Crippen LogP contribution in [-0.2, 0) is 13.2 Å². The van der Waals surface area contributed by atoms with E-state index in [-0.39, 0.29) is 18.3 Å². The van der Waals surface area contributed by atoms with Crippen molar-refractivity contribution >= 4 is 5.91 Å². The van der Waals surface area contributed by atoms with E-state index >= 15 is 0 Å². The van der Waals surface area contributed by atoms with Gasteiger partial charge in [0, 0.05) is 13.6 Å². The second kappa shape index (κ2) is 8.03. The molecule has 0 aliphatic rings. The van der Waals surface area contributed by atoms with Gasteiger partial charge in [0.15, 0.2) is 0 Å². The molecule has 140 valence electrons. The van der Waals surface area contributed by atoms with Crippen LogP contribution in [0.2, 0.25) is 0 Å². The minimum absolute atomic E-state index is 0.173. The SMILES string of the molecule is Cc1noc(C)c1COc1ccccc1C(=O)N(C)Cc1ccc(F)cc1. The highest BCUT2D eigenvalue weighted by Gasteiger charge is 2.18. The summed E-state index contributed by atoms with van der Waals surface area (Å²) < 4.78 is 24.1. The van der Waals surface area contributed by atoms with Crippen LogP contribution in [0.5, 0.6) is 5.75 Å². The summed E-state index contributed by atoms with van der Waals surface area (Å²) in [4.78, 5) is 14.4. The molecule has 27 heavy (non-hydrogen) atoms. The Balaban J connectivity index is 1.74. The first-order valence-electron chi connectivity index (χ1n) is 8.59. The number of nitrogens with zero attached hydrogens (tertiary/aromatic N) is 2. The summed E-state index contributed by atoms with van der Waals surface area (Å²) in [5, 5.41) is 3.91. The number of aryl methyl sites for hydroxylation is 2. The highest BCUT2D eigenvalue weighted by atomic mass is 19.1. The molecule has 3 aromatic rings. The molecule has 0 unspecified atom stereocenters. The molecule has 0 fully saturated rings. The smallest absolute Gasteiger partial charge is 0.257 e. The molecule has 0 spiro atoms. The summed E-state index contributed by atoms with van der Waals surface area (Å²) in [5.41, 5.74) is 2.96. The Morgan fingerprint density at radius 2 is 1.85 bits per heavy atom. The minimum Gasteiger partial charge on any atom is -0.488 e. The molecule has 0 aliphatic carbocycles. The van der Waals surface area contributed by atoms with E-state index in [4.69, 9.17) is 9.26 Å². The van der Waals surface area contributed by atoms with Crippen molar-refractivity contribution in [3.8, 4) is 5.75 Å². The van der Waals surface area contributed by atoms with Crippen LogP contribution in [-0.4, -0.2) is 23.0 Å². The summed E-state index contributed by atoms with van der Waals surface area (Å²) in [5.74, 6) is 0.720. The fourth-order valence-corrected chi connectivity index (χ4v) is 2.77. The molecule has 1 amide bonds. The van der Waals surface area contributed by atoms with Crippen molar-refractivity contribution in [3.63, 3.8) is 0 Å². The third-order valence-electron chi connectivity index (χ3n) is 4.35. The first kappa shape index (κ1) is 18.6. The zero-order valence-electron chi connectivity index (χ0n) is 15.5. The summed E-state index contributed by atoms with van der Waals surface area (Å²) in [6.07, 6.45) is 0.